The molecule has 0 bridgehead atoms. The van der Waals surface area contributed by atoms with Crippen molar-refractivity contribution in [2.45, 2.75) is 13.1 Å². The summed E-state index contributed by atoms with van der Waals surface area (Å²) < 4.78 is 44.4. The van der Waals surface area contributed by atoms with Crippen LogP contribution in [-0.2, 0) is 4.79 Å². The van der Waals surface area contributed by atoms with E-state index in [4.69, 9.17) is 10.1 Å². The van der Waals surface area contributed by atoms with Crippen molar-refractivity contribution in [2.75, 3.05) is 25.0 Å². The lowest BCUT2D eigenvalue weighted by atomic mass is 10.1. The minimum Gasteiger partial charge on any atom is -0.506 e. The summed E-state index contributed by atoms with van der Waals surface area (Å²) in [7, 11) is 0. The number of carbonyl (C=O) groups is 2. The molecule has 33 heavy (non-hydrogen) atoms. The molecular formula is C22H23F3N4O4. The lowest BCUT2D eigenvalue weighted by Crippen LogP contribution is -2.39. The van der Waals surface area contributed by atoms with E-state index in [2.05, 4.69) is 16.0 Å². The molecule has 0 aliphatic rings. The molecule has 0 aliphatic heterocycles. The van der Waals surface area contributed by atoms with Gasteiger partial charge < -0.3 is 25.8 Å². The number of hydrogen-bond acceptors (Lipinski definition) is 6. The second-order valence-electron chi connectivity index (χ2n) is 6.56. The van der Waals surface area contributed by atoms with Gasteiger partial charge in [0.15, 0.2) is 0 Å². The third-order valence-electron chi connectivity index (χ3n) is 4.20. The van der Waals surface area contributed by atoms with Crippen LogP contribution in [0.5, 0.6) is 11.5 Å². The van der Waals surface area contributed by atoms with E-state index in [1.54, 1.807) is 24.3 Å². The molecule has 0 saturated carbocycles. The fourth-order valence-corrected chi connectivity index (χ4v) is 2.57. The smallest absolute Gasteiger partial charge is 0.433 e. The summed E-state index contributed by atoms with van der Waals surface area (Å²) in [6, 6.07) is 12.1. The van der Waals surface area contributed by atoms with Gasteiger partial charge in [0.1, 0.15) is 17.2 Å². The number of hydrogen-bond donors (Lipinski definition) is 5. The highest BCUT2D eigenvalue weighted by Crippen LogP contribution is 2.24. The molecule has 5 N–H and O–H groups in total. The number of carbonyl (C=O) groups excluding carboxylic acids is 2. The molecule has 0 spiro atoms. The van der Waals surface area contributed by atoms with E-state index in [0.717, 1.165) is 0 Å². The third-order valence-corrected chi connectivity index (χ3v) is 4.20. The molecule has 0 heterocycles. The van der Waals surface area contributed by atoms with Gasteiger partial charge in [-0.1, -0.05) is 12.1 Å². The Labute approximate surface area is 188 Å². The molecule has 11 heteroatoms. The Kier molecular flexibility index (Phi) is 8.84. The molecule has 0 atom stereocenters. The Hall–Kier alpha value is -4.02. The molecule has 0 aromatic heterocycles. The van der Waals surface area contributed by atoms with Crippen LogP contribution >= 0.6 is 0 Å². The summed E-state index contributed by atoms with van der Waals surface area (Å²) in [5.41, 5.74) is -2.44. The maximum absolute atomic E-state index is 13.0. The van der Waals surface area contributed by atoms with Crippen LogP contribution < -0.4 is 20.7 Å². The van der Waals surface area contributed by atoms with Gasteiger partial charge >= 0.3 is 6.18 Å². The summed E-state index contributed by atoms with van der Waals surface area (Å²) in [5.74, 6) is -1.25. The number of halogens is 3. The number of alkyl halides is 3. The van der Waals surface area contributed by atoms with Gasteiger partial charge in [-0.25, -0.2) is 0 Å². The zero-order valence-corrected chi connectivity index (χ0v) is 17.6. The predicted octanol–water partition coefficient (Wildman–Crippen LogP) is 3.21. The number of ether oxygens (including phenoxy) is 1. The molecule has 0 unspecified atom stereocenters. The first-order valence-corrected chi connectivity index (χ1v) is 9.83. The number of phenolic OH excluding ortho intramolecular Hbond substituents is 1. The lowest BCUT2D eigenvalue weighted by Gasteiger charge is -2.14. The fourth-order valence-electron chi connectivity index (χ4n) is 2.57. The fraction of sp³-hybridized carbons (Fsp3) is 0.227. The molecule has 2 amide bonds. The molecule has 0 aliphatic carbocycles. The molecule has 0 saturated heterocycles. The molecular weight excluding hydrogens is 441 g/mol. The maximum atomic E-state index is 13.0. The van der Waals surface area contributed by atoms with E-state index >= 15 is 0 Å². The van der Waals surface area contributed by atoms with Crippen LogP contribution in [0.15, 0.2) is 60.3 Å². The van der Waals surface area contributed by atoms with Gasteiger partial charge in [-0.2, -0.15) is 13.2 Å². The highest BCUT2D eigenvalue weighted by molar-refractivity contribution is 6.22. The Morgan fingerprint density at radius 2 is 1.70 bits per heavy atom. The van der Waals surface area contributed by atoms with Crippen LogP contribution in [0, 0.1) is 5.41 Å². The molecule has 2 aromatic rings. The number of anilines is 1. The third kappa shape index (κ3) is 7.56. The normalized spacial score (nSPS) is 11.5. The largest absolute Gasteiger partial charge is 0.506 e. The van der Waals surface area contributed by atoms with Gasteiger partial charge in [-0.3, -0.25) is 15.0 Å². The molecule has 0 radical (unpaired) electrons. The maximum Gasteiger partial charge on any atom is 0.433 e. The van der Waals surface area contributed by atoms with Crippen LogP contribution in [0.1, 0.15) is 17.3 Å². The minimum absolute atomic E-state index is 0.0559. The first-order chi connectivity index (χ1) is 15.6. The van der Waals surface area contributed by atoms with Crippen molar-refractivity contribution >= 4 is 23.2 Å². The van der Waals surface area contributed by atoms with Crippen LogP contribution in [0.4, 0.5) is 18.9 Å². The molecule has 8 nitrogen and oxygen atoms in total. The Balaban J connectivity index is 1.96. The second kappa shape index (κ2) is 11.6. The molecule has 2 rings (SSSR count). The highest BCUT2D eigenvalue weighted by atomic mass is 19.4. The topological polar surface area (TPSA) is 124 Å². The van der Waals surface area contributed by atoms with Crippen LogP contribution in [0.3, 0.4) is 0 Å². The van der Waals surface area contributed by atoms with Gasteiger partial charge in [0.2, 0.25) is 0 Å². The highest BCUT2D eigenvalue weighted by Gasteiger charge is 2.39. The number of phenols is 1. The zero-order chi connectivity index (χ0) is 24.4. The molecule has 2 aromatic carbocycles. The van der Waals surface area contributed by atoms with Gasteiger partial charge in [-0.15, -0.1) is 0 Å². The summed E-state index contributed by atoms with van der Waals surface area (Å²) in [4.78, 5) is 24.4. The number of para-hydroxylation sites is 2. The summed E-state index contributed by atoms with van der Waals surface area (Å²) >= 11 is 0. The Morgan fingerprint density at radius 3 is 2.30 bits per heavy atom. The van der Waals surface area contributed by atoms with Crippen molar-refractivity contribution in [1.29, 1.82) is 5.41 Å². The Morgan fingerprint density at radius 1 is 1.06 bits per heavy atom. The summed E-state index contributed by atoms with van der Waals surface area (Å²) in [5, 5.41) is 24.2. The SMILES string of the molecule is CCOc1ccc(C(=O)NCCNC(=O)/C(=C/Nc2ccccc2O)C(=N)C(F)(F)F)cc1. The van der Waals surface area contributed by atoms with E-state index < -0.39 is 29.3 Å². The zero-order valence-electron chi connectivity index (χ0n) is 17.6. The van der Waals surface area contributed by atoms with Crippen molar-refractivity contribution in [3.05, 3.63) is 65.9 Å². The van der Waals surface area contributed by atoms with Gasteiger partial charge in [0.25, 0.3) is 11.8 Å². The lowest BCUT2D eigenvalue weighted by molar-refractivity contribution is -0.117. The van der Waals surface area contributed by atoms with E-state index in [1.165, 1.54) is 24.3 Å². The first kappa shape index (κ1) is 25.2. The average molecular weight is 464 g/mol. The summed E-state index contributed by atoms with van der Waals surface area (Å²) in [6.45, 7) is 2.07. The van der Waals surface area contributed by atoms with Crippen molar-refractivity contribution in [2.24, 2.45) is 0 Å². The van der Waals surface area contributed by atoms with Gasteiger partial charge in [-0.05, 0) is 43.3 Å². The second-order valence-corrected chi connectivity index (χ2v) is 6.56. The van der Waals surface area contributed by atoms with Crippen LogP contribution in [0.25, 0.3) is 0 Å². The number of amides is 2. The number of aromatic hydroxyl groups is 1. The number of benzene rings is 2. The Bertz CT molecular complexity index is 1020. The van der Waals surface area contributed by atoms with Crippen molar-refractivity contribution in [3.8, 4) is 11.5 Å². The quantitative estimate of drug-likeness (QED) is 0.160. The van der Waals surface area contributed by atoms with Crippen LogP contribution in [-0.4, -0.2) is 48.5 Å². The van der Waals surface area contributed by atoms with E-state index in [-0.39, 0.29) is 24.5 Å². The van der Waals surface area contributed by atoms with E-state index in [9.17, 15) is 27.9 Å². The van der Waals surface area contributed by atoms with Crippen LogP contribution in [0.2, 0.25) is 0 Å². The predicted molar refractivity (Wildman–Crippen MR) is 117 cm³/mol. The number of nitrogens with one attached hydrogen (secondary N) is 4. The van der Waals surface area contributed by atoms with Gasteiger partial charge in [0, 0.05) is 24.9 Å². The monoisotopic (exact) mass is 464 g/mol. The number of rotatable bonds is 10. The average Bonchev–Trinajstić information content (AvgIpc) is 2.77. The van der Waals surface area contributed by atoms with Crippen molar-refractivity contribution in [1.82, 2.24) is 10.6 Å². The van der Waals surface area contributed by atoms with Crippen molar-refractivity contribution < 1.29 is 32.6 Å². The summed E-state index contributed by atoms with van der Waals surface area (Å²) in [6.07, 6.45) is -4.37. The van der Waals surface area contributed by atoms with Crippen molar-refractivity contribution in [3.63, 3.8) is 0 Å². The minimum atomic E-state index is -5.06. The first-order valence-electron chi connectivity index (χ1n) is 9.83. The molecule has 176 valence electrons. The van der Waals surface area contributed by atoms with E-state index in [1.807, 2.05) is 6.92 Å². The van der Waals surface area contributed by atoms with Gasteiger partial charge in [0.05, 0.1) is 17.9 Å². The van der Waals surface area contributed by atoms with E-state index in [0.29, 0.717) is 24.1 Å². The standard InChI is InChI=1S/C22H23F3N4O4/c1-2-33-15-9-7-14(8-10-15)20(31)27-11-12-28-21(32)16(19(26)22(23,24)25)13-29-17-5-3-4-6-18(17)30/h3-10,13,26,29-30H,2,11-12H2,1H3,(H,27,31)(H,28,32)/b16-13+,26-19?. The molecule has 0 fully saturated rings.